The summed E-state index contributed by atoms with van der Waals surface area (Å²) in [6.45, 7) is 7.63. The van der Waals surface area contributed by atoms with Crippen molar-refractivity contribution in [3.8, 4) is 5.75 Å². The molecule has 0 spiro atoms. The molecule has 3 rings (SSSR count). The summed E-state index contributed by atoms with van der Waals surface area (Å²) in [5, 5.41) is 8.27. The van der Waals surface area contributed by atoms with Crippen molar-refractivity contribution < 1.29 is 19.0 Å². The third kappa shape index (κ3) is 6.30. The topological polar surface area (TPSA) is 74.6 Å². The monoisotopic (exact) mass is 397 g/mol. The van der Waals surface area contributed by atoms with Crippen LogP contribution >= 0.6 is 0 Å². The van der Waals surface area contributed by atoms with E-state index in [1.54, 1.807) is 12.3 Å². The van der Waals surface area contributed by atoms with E-state index in [4.69, 9.17) is 14.2 Å². The molecule has 0 amide bonds. The van der Waals surface area contributed by atoms with Crippen LogP contribution in [0, 0.1) is 0 Å². The van der Waals surface area contributed by atoms with E-state index < -0.39 is 11.7 Å². The highest BCUT2D eigenvalue weighted by Gasteiger charge is 2.20. The third-order valence-electron chi connectivity index (χ3n) is 4.01. The van der Waals surface area contributed by atoms with Crippen LogP contribution in [0.25, 0.3) is 10.9 Å². The molecule has 0 saturated heterocycles. The van der Waals surface area contributed by atoms with Gasteiger partial charge in [-0.05, 0) is 38.5 Å². The zero-order valence-corrected chi connectivity index (χ0v) is 17.1. The Morgan fingerprint density at radius 3 is 2.69 bits per heavy atom. The molecule has 0 bridgehead atoms. The Balaban J connectivity index is 1.45. The van der Waals surface area contributed by atoms with Crippen LogP contribution < -0.4 is 10.1 Å². The molecule has 1 heterocycles. The van der Waals surface area contributed by atoms with E-state index in [0.717, 1.165) is 18.5 Å². The van der Waals surface area contributed by atoms with Crippen LogP contribution in [0.3, 0.4) is 0 Å². The van der Waals surface area contributed by atoms with Crippen LogP contribution in [0.2, 0.25) is 0 Å². The minimum atomic E-state index is -0.591. The largest absolute Gasteiger partial charge is 0.467 e. The quantitative estimate of drug-likeness (QED) is 0.458. The maximum absolute atomic E-state index is 12.3. The number of benzene rings is 2. The van der Waals surface area contributed by atoms with Gasteiger partial charge in [0.25, 0.3) is 0 Å². The second-order valence-electron chi connectivity index (χ2n) is 7.59. The Labute approximate surface area is 170 Å². The van der Waals surface area contributed by atoms with Crippen LogP contribution in [0.4, 0.5) is 4.79 Å². The summed E-state index contributed by atoms with van der Waals surface area (Å²) in [4.78, 5) is 12.3. The highest BCUT2D eigenvalue weighted by atomic mass is 16.7. The molecule has 7 nitrogen and oxygen atoms in total. The molecule has 0 saturated carbocycles. The molecule has 0 aliphatic rings. The van der Waals surface area contributed by atoms with E-state index in [1.807, 2.05) is 51.1 Å². The lowest BCUT2D eigenvalue weighted by Crippen LogP contribution is -2.27. The lowest BCUT2D eigenvalue weighted by Gasteiger charge is -2.19. The summed E-state index contributed by atoms with van der Waals surface area (Å²) < 4.78 is 17.8. The van der Waals surface area contributed by atoms with E-state index in [1.165, 1.54) is 10.2 Å². The number of ether oxygens (including phenoxy) is 3. The average Bonchev–Trinajstić information content (AvgIpc) is 3.10. The van der Waals surface area contributed by atoms with Crippen molar-refractivity contribution in [3.05, 3.63) is 60.3 Å². The fraction of sp³-hybridized carbons (Fsp3) is 0.364. The van der Waals surface area contributed by atoms with Gasteiger partial charge >= 0.3 is 6.09 Å². The predicted molar refractivity (Wildman–Crippen MR) is 111 cm³/mol. The molecule has 154 valence electrons. The van der Waals surface area contributed by atoms with Crippen LogP contribution in [-0.2, 0) is 16.0 Å². The maximum Gasteiger partial charge on any atom is 0.435 e. The smallest absolute Gasteiger partial charge is 0.435 e. The second kappa shape index (κ2) is 9.54. The van der Waals surface area contributed by atoms with Gasteiger partial charge in [0.15, 0.2) is 6.79 Å². The van der Waals surface area contributed by atoms with Crippen LogP contribution in [0.15, 0.2) is 54.7 Å². The lowest BCUT2D eigenvalue weighted by molar-refractivity contribution is 0.0169. The fourth-order valence-corrected chi connectivity index (χ4v) is 2.68. The number of fused-ring (bicyclic) bond motifs is 1. The van der Waals surface area contributed by atoms with Crippen molar-refractivity contribution in [2.24, 2.45) is 0 Å². The number of carbonyl (C=O) groups is 1. The van der Waals surface area contributed by atoms with Gasteiger partial charge in [0.2, 0.25) is 0 Å². The van der Waals surface area contributed by atoms with Gasteiger partial charge in [0.05, 0.1) is 18.3 Å². The lowest BCUT2D eigenvalue weighted by atomic mass is 10.2. The van der Waals surface area contributed by atoms with Gasteiger partial charge in [-0.3, -0.25) is 0 Å². The Morgan fingerprint density at radius 2 is 1.93 bits per heavy atom. The van der Waals surface area contributed by atoms with E-state index >= 15 is 0 Å². The number of hydrogen-bond donors (Lipinski definition) is 1. The minimum Gasteiger partial charge on any atom is -0.467 e. The molecule has 0 unspecified atom stereocenters. The molecule has 0 atom stereocenters. The Hall–Kier alpha value is -2.90. The Morgan fingerprint density at radius 1 is 1.14 bits per heavy atom. The molecular weight excluding hydrogens is 370 g/mol. The fourth-order valence-electron chi connectivity index (χ4n) is 2.68. The standard InChI is InChI=1S/C22H27N3O4/c1-22(2,3)29-21(26)25-20-13-19(10-9-18(20)15-24-25)28-16-27-12-11-23-14-17-7-5-4-6-8-17/h4-10,13,15,23H,11-12,14,16H2,1-3H3. The first kappa shape index (κ1) is 20.8. The number of carbonyl (C=O) groups excluding carboxylic acids is 1. The molecule has 2 aromatic carbocycles. The number of aromatic nitrogens is 2. The third-order valence-corrected chi connectivity index (χ3v) is 4.01. The molecular formula is C22H27N3O4. The van der Waals surface area contributed by atoms with Gasteiger partial charge in [0.1, 0.15) is 11.4 Å². The Kier molecular flexibility index (Phi) is 6.85. The average molecular weight is 397 g/mol. The normalized spacial score (nSPS) is 11.6. The molecule has 7 heteroatoms. The second-order valence-corrected chi connectivity index (χ2v) is 7.59. The Bertz CT molecular complexity index is 932. The van der Waals surface area contributed by atoms with Crippen molar-refractivity contribution >= 4 is 17.0 Å². The SMILES string of the molecule is CC(C)(C)OC(=O)n1ncc2ccc(OCOCCNCc3ccccc3)cc21. The van der Waals surface area contributed by atoms with Gasteiger partial charge in [-0.25, -0.2) is 4.79 Å². The first-order valence-corrected chi connectivity index (χ1v) is 9.59. The minimum absolute atomic E-state index is 0.124. The highest BCUT2D eigenvalue weighted by molar-refractivity contribution is 5.88. The molecule has 3 aromatic rings. The van der Waals surface area contributed by atoms with Crippen molar-refractivity contribution in [1.29, 1.82) is 0 Å². The summed E-state index contributed by atoms with van der Waals surface area (Å²) in [6, 6.07) is 15.6. The van der Waals surface area contributed by atoms with E-state index in [9.17, 15) is 4.79 Å². The summed E-state index contributed by atoms with van der Waals surface area (Å²) in [6.07, 6.45) is 1.10. The van der Waals surface area contributed by atoms with E-state index in [0.29, 0.717) is 17.9 Å². The van der Waals surface area contributed by atoms with Gasteiger partial charge in [-0.1, -0.05) is 30.3 Å². The zero-order valence-electron chi connectivity index (χ0n) is 17.1. The van der Waals surface area contributed by atoms with Crippen molar-refractivity contribution in [3.63, 3.8) is 0 Å². The number of rotatable bonds is 8. The predicted octanol–water partition coefficient (Wildman–Crippen LogP) is 3.96. The van der Waals surface area contributed by atoms with Crippen molar-refractivity contribution in [2.45, 2.75) is 32.9 Å². The van der Waals surface area contributed by atoms with Gasteiger partial charge in [0, 0.05) is 24.5 Å². The molecule has 0 aliphatic carbocycles. The van der Waals surface area contributed by atoms with Gasteiger partial charge in [-0.2, -0.15) is 9.78 Å². The molecule has 0 radical (unpaired) electrons. The maximum atomic E-state index is 12.3. The van der Waals surface area contributed by atoms with Crippen molar-refractivity contribution in [2.75, 3.05) is 19.9 Å². The van der Waals surface area contributed by atoms with Gasteiger partial charge < -0.3 is 19.5 Å². The number of nitrogens with one attached hydrogen (secondary N) is 1. The van der Waals surface area contributed by atoms with E-state index in [-0.39, 0.29) is 6.79 Å². The van der Waals surface area contributed by atoms with Gasteiger partial charge in [-0.15, -0.1) is 0 Å². The van der Waals surface area contributed by atoms with Crippen LogP contribution in [-0.4, -0.2) is 41.4 Å². The number of hydrogen-bond acceptors (Lipinski definition) is 6. The first-order chi connectivity index (χ1) is 13.9. The molecule has 1 aromatic heterocycles. The summed E-state index contributed by atoms with van der Waals surface area (Å²) in [7, 11) is 0. The summed E-state index contributed by atoms with van der Waals surface area (Å²) in [5.74, 6) is 0.597. The van der Waals surface area contributed by atoms with Crippen LogP contribution in [0.5, 0.6) is 5.75 Å². The molecule has 29 heavy (non-hydrogen) atoms. The van der Waals surface area contributed by atoms with Crippen LogP contribution in [0.1, 0.15) is 26.3 Å². The molecule has 0 aliphatic heterocycles. The highest BCUT2D eigenvalue weighted by Crippen LogP contribution is 2.22. The molecule has 1 N–H and O–H groups in total. The zero-order chi connectivity index (χ0) is 20.7. The van der Waals surface area contributed by atoms with Crippen molar-refractivity contribution in [1.82, 2.24) is 15.1 Å². The first-order valence-electron chi connectivity index (χ1n) is 9.59. The summed E-state index contributed by atoms with van der Waals surface area (Å²) in [5.41, 5.74) is 1.27. The van der Waals surface area contributed by atoms with E-state index in [2.05, 4.69) is 22.5 Å². The molecule has 0 fully saturated rings. The summed E-state index contributed by atoms with van der Waals surface area (Å²) >= 11 is 0. The number of nitrogens with zero attached hydrogens (tertiary/aromatic N) is 2.